The number of aromatic hydroxyl groups is 1. The number of aryl methyl sites for hydroxylation is 2. The first-order valence-electron chi connectivity index (χ1n) is 8.67. The minimum atomic E-state index is -1.57. The maximum Gasteiger partial charge on any atom is 0.302 e. The van der Waals surface area contributed by atoms with E-state index in [0.29, 0.717) is 18.4 Å². The molecule has 1 aromatic carbocycles. The van der Waals surface area contributed by atoms with Crippen LogP contribution in [-0.4, -0.2) is 75.4 Å². The third kappa shape index (κ3) is 5.30. The van der Waals surface area contributed by atoms with Crippen LogP contribution in [0.2, 0.25) is 0 Å². The second kappa shape index (κ2) is 9.34. The van der Waals surface area contributed by atoms with Gasteiger partial charge in [-0.1, -0.05) is 6.07 Å². The molecule has 1 aliphatic heterocycles. The molecule has 0 radical (unpaired) electrons. The number of hydrogen-bond acceptors (Lipinski definition) is 9. The van der Waals surface area contributed by atoms with Crippen LogP contribution in [0.5, 0.6) is 11.5 Å². The fourth-order valence-electron chi connectivity index (χ4n) is 2.84. The Bertz CT molecular complexity index is 646. The third-order valence-electron chi connectivity index (χ3n) is 4.33. The van der Waals surface area contributed by atoms with E-state index in [0.717, 1.165) is 5.56 Å². The van der Waals surface area contributed by atoms with Gasteiger partial charge in [-0.3, -0.25) is 4.79 Å². The van der Waals surface area contributed by atoms with Crippen LogP contribution >= 0.6 is 0 Å². The number of hydrogen-bond donors (Lipinski definition) is 5. The summed E-state index contributed by atoms with van der Waals surface area (Å²) in [4.78, 5) is 10.8. The molecule has 0 bridgehead atoms. The van der Waals surface area contributed by atoms with E-state index in [9.17, 15) is 30.3 Å². The van der Waals surface area contributed by atoms with Crippen molar-refractivity contribution in [3.05, 3.63) is 23.3 Å². The lowest BCUT2D eigenvalue weighted by molar-refractivity contribution is -0.277. The topological polar surface area (TPSA) is 146 Å². The van der Waals surface area contributed by atoms with Gasteiger partial charge in [0.05, 0.1) is 13.2 Å². The first-order chi connectivity index (χ1) is 12.7. The molecule has 1 fully saturated rings. The number of carbonyl (C=O) groups excluding carboxylic acids is 1. The summed E-state index contributed by atoms with van der Waals surface area (Å²) >= 11 is 0. The van der Waals surface area contributed by atoms with E-state index >= 15 is 0 Å². The van der Waals surface area contributed by atoms with Gasteiger partial charge in [0, 0.05) is 6.92 Å². The lowest BCUT2D eigenvalue weighted by Crippen LogP contribution is -2.60. The molecule has 0 amide bonds. The Balaban J connectivity index is 2.11. The predicted octanol–water partition coefficient (Wildman–Crippen LogP) is -0.625. The molecule has 27 heavy (non-hydrogen) atoms. The molecule has 1 aliphatic rings. The molecule has 9 nitrogen and oxygen atoms in total. The van der Waals surface area contributed by atoms with Gasteiger partial charge in [0.15, 0.2) is 11.5 Å². The van der Waals surface area contributed by atoms with E-state index in [1.807, 2.05) is 0 Å². The average molecular weight is 386 g/mol. The summed E-state index contributed by atoms with van der Waals surface area (Å²) in [6, 6.07) is 3.31. The molecular weight excluding hydrogens is 360 g/mol. The summed E-state index contributed by atoms with van der Waals surface area (Å²) in [6.07, 6.45) is -6.01. The Morgan fingerprint density at radius 2 is 1.89 bits per heavy atom. The maximum absolute atomic E-state index is 10.8. The molecule has 0 aromatic heterocycles. The summed E-state index contributed by atoms with van der Waals surface area (Å²) in [5, 5.41) is 49.2. The van der Waals surface area contributed by atoms with Gasteiger partial charge in [0.25, 0.3) is 0 Å². The highest BCUT2D eigenvalue weighted by Gasteiger charge is 2.45. The predicted molar refractivity (Wildman–Crippen MR) is 92.2 cm³/mol. The van der Waals surface area contributed by atoms with Crippen molar-refractivity contribution >= 4 is 5.97 Å². The van der Waals surface area contributed by atoms with Crippen LogP contribution in [0.3, 0.4) is 0 Å². The van der Waals surface area contributed by atoms with E-state index in [1.54, 1.807) is 19.1 Å². The van der Waals surface area contributed by atoms with Crippen molar-refractivity contribution in [1.82, 2.24) is 0 Å². The van der Waals surface area contributed by atoms with Gasteiger partial charge in [-0.15, -0.1) is 0 Å². The van der Waals surface area contributed by atoms with Crippen LogP contribution in [0.25, 0.3) is 0 Å². The molecule has 152 valence electrons. The first kappa shape index (κ1) is 21.4. The van der Waals surface area contributed by atoms with Crippen LogP contribution in [0, 0.1) is 6.92 Å². The lowest BCUT2D eigenvalue weighted by Gasteiger charge is -2.39. The van der Waals surface area contributed by atoms with Crippen LogP contribution < -0.4 is 4.74 Å². The minimum Gasteiger partial charge on any atom is -0.504 e. The van der Waals surface area contributed by atoms with Gasteiger partial charge >= 0.3 is 5.97 Å². The summed E-state index contributed by atoms with van der Waals surface area (Å²) < 4.78 is 15.7. The molecule has 0 unspecified atom stereocenters. The SMILES string of the molecule is CC(=O)OCCCc1cc(C)c(O)c(O[C@@H]2O[C@H](CO)[C@@H](O)[C@H](O)[C@H]2O)c1. The van der Waals surface area contributed by atoms with Crippen molar-refractivity contribution in [2.75, 3.05) is 13.2 Å². The van der Waals surface area contributed by atoms with Crippen molar-refractivity contribution in [2.24, 2.45) is 0 Å². The zero-order valence-corrected chi connectivity index (χ0v) is 15.2. The van der Waals surface area contributed by atoms with Crippen molar-refractivity contribution < 1.29 is 44.5 Å². The van der Waals surface area contributed by atoms with Gasteiger partial charge < -0.3 is 39.7 Å². The number of aliphatic hydroxyl groups is 4. The highest BCUT2D eigenvalue weighted by Crippen LogP contribution is 2.34. The monoisotopic (exact) mass is 386 g/mol. The Kier molecular flexibility index (Phi) is 7.40. The molecule has 0 aliphatic carbocycles. The Morgan fingerprint density at radius 1 is 1.19 bits per heavy atom. The van der Waals surface area contributed by atoms with Crippen LogP contribution in [0.1, 0.15) is 24.5 Å². The number of aliphatic hydroxyl groups excluding tert-OH is 4. The van der Waals surface area contributed by atoms with Gasteiger partial charge in [-0.25, -0.2) is 0 Å². The zero-order chi connectivity index (χ0) is 20.1. The number of phenolic OH excluding ortho intramolecular Hbond substituents is 1. The number of rotatable bonds is 7. The molecule has 2 rings (SSSR count). The zero-order valence-electron chi connectivity index (χ0n) is 15.2. The molecular formula is C18H26O9. The first-order valence-corrected chi connectivity index (χ1v) is 8.67. The molecule has 5 N–H and O–H groups in total. The molecule has 5 atom stereocenters. The summed E-state index contributed by atoms with van der Waals surface area (Å²) in [7, 11) is 0. The van der Waals surface area contributed by atoms with Gasteiger partial charge in [0.1, 0.15) is 24.4 Å². The van der Waals surface area contributed by atoms with Gasteiger partial charge in [-0.2, -0.15) is 0 Å². The van der Waals surface area contributed by atoms with Crippen LogP contribution in [0.15, 0.2) is 12.1 Å². The fraction of sp³-hybridized carbons (Fsp3) is 0.611. The van der Waals surface area contributed by atoms with Crippen molar-refractivity contribution in [3.63, 3.8) is 0 Å². The fourth-order valence-corrected chi connectivity index (χ4v) is 2.84. The van der Waals surface area contributed by atoms with E-state index < -0.39 is 37.3 Å². The Morgan fingerprint density at radius 3 is 2.52 bits per heavy atom. The van der Waals surface area contributed by atoms with E-state index in [2.05, 4.69) is 0 Å². The Labute approximate surface area is 156 Å². The Hall–Kier alpha value is -1.91. The number of carbonyl (C=O) groups is 1. The second-order valence-electron chi connectivity index (χ2n) is 6.52. The molecule has 1 saturated heterocycles. The van der Waals surface area contributed by atoms with Crippen LogP contribution in [-0.2, 0) is 20.7 Å². The molecule has 9 heteroatoms. The summed E-state index contributed by atoms with van der Waals surface area (Å²) in [6.45, 7) is 2.69. The average Bonchev–Trinajstić information content (AvgIpc) is 2.62. The van der Waals surface area contributed by atoms with Crippen LogP contribution in [0.4, 0.5) is 0 Å². The van der Waals surface area contributed by atoms with E-state index in [4.69, 9.17) is 14.2 Å². The quantitative estimate of drug-likeness (QED) is 0.305. The molecule has 1 heterocycles. The second-order valence-corrected chi connectivity index (χ2v) is 6.52. The lowest BCUT2D eigenvalue weighted by atomic mass is 9.99. The third-order valence-corrected chi connectivity index (χ3v) is 4.33. The van der Waals surface area contributed by atoms with Gasteiger partial charge in [-0.05, 0) is 37.0 Å². The summed E-state index contributed by atoms with van der Waals surface area (Å²) in [5.74, 6) is -0.485. The van der Waals surface area contributed by atoms with Crippen molar-refractivity contribution in [2.45, 2.75) is 57.4 Å². The van der Waals surface area contributed by atoms with Gasteiger partial charge in [0.2, 0.25) is 6.29 Å². The highest BCUT2D eigenvalue weighted by molar-refractivity contribution is 5.65. The molecule has 0 spiro atoms. The van der Waals surface area contributed by atoms with Crippen molar-refractivity contribution in [1.29, 1.82) is 0 Å². The summed E-state index contributed by atoms with van der Waals surface area (Å²) in [5.41, 5.74) is 1.33. The molecule has 1 aromatic rings. The standard InChI is InChI=1S/C18H26O9/c1-9-6-11(4-3-5-25-10(2)20)7-12(14(9)21)26-18-17(24)16(23)15(22)13(8-19)27-18/h6-7,13,15-19,21-24H,3-5,8H2,1-2H3/t13-,15-,16+,17-,18-/m1/s1. The number of phenols is 1. The number of benzene rings is 1. The highest BCUT2D eigenvalue weighted by atomic mass is 16.7. The minimum absolute atomic E-state index is 0.0295. The largest absolute Gasteiger partial charge is 0.504 e. The smallest absolute Gasteiger partial charge is 0.302 e. The number of ether oxygens (including phenoxy) is 3. The molecule has 0 saturated carbocycles. The number of esters is 1. The van der Waals surface area contributed by atoms with Crippen molar-refractivity contribution in [3.8, 4) is 11.5 Å². The van der Waals surface area contributed by atoms with E-state index in [1.165, 1.54) is 6.92 Å². The normalized spacial score (nSPS) is 28.0. The maximum atomic E-state index is 10.8. The van der Waals surface area contributed by atoms with E-state index in [-0.39, 0.29) is 24.1 Å².